The zero-order valence-corrected chi connectivity index (χ0v) is 6.55. The van der Waals surface area contributed by atoms with E-state index >= 15 is 0 Å². The second-order valence-corrected chi connectivity index (χ2v) is 3.29. The van der Waals surface area contributed by atoms with Gasteiger partial charge < -0.3 is 11.5 Å². The van der Waals surface area contributed by atoms with Crippen molar-refractivity contribution in [2.24, 2.45) is 17.4 Å². The van der Waals surface area contributed by atoms with Crippen LogP contribution in [0.25, 0.3) is 0 Å². The molecule has 0 aromatic heterocycles. The van der Waals surface area contributed by atoms with E-state index in [1.165, 1.54) is 25.7 Å². The Morgan fingerprint density at radius 2 is 1.90 bits per heavy atom. The lowest BCUT2D eigenvalue weighted by Crippen LogP contribution is -2.34. The van der Waals surface area contributed by atoms with Gasteiger partial charge >= 0.3 is 0 Å². The Morgan fingerprint density at radius 1 is 1.20 bits per heavy atom. The van der Waals surface area contributed by atoms with Gasteiger partial charge in [-0.15, -0.1) is 0 Å². The third-order valence-corrected chi connectivity index (χ3v) is 2.51. The molecule has 1 saturated carbocycles. The van der Waals surface area contributed by atoms with Crippen LogP contribution in [-0.4, -0.2) is 12.6 Å². The summed E-state index contributed by atoms with van der Waals surface area (Å²) in [5.74, 6) is 0.721. The Hall–Kier alpha value is -0.0800. The predicted octanol–water partition coefficient (Wildman–Crippen LogP) is 0.853. The molecule has 2 heteroatoms. The smallest absolute Gasteiger partial charge is 0.00676 e. The van der Waals surface area contributed by atoms with Crippen LogP contribution in [0.2, 0.25) is 0 Å². The molecule has 0 amide bonds. The first-order chi connectivity index (χ1) is 4.84. The van der Waals surface area contributed by atoms with Crippen LogP contribution in [0.5, 0.6) is 0 Å². The molecule has 0 unspecified atom stereocenters. The van der Waals surface area contributed by atoms with E-state index in [0.717, 1.165) is 18.9 Å². The quantitative estimate of drug-likeness (QED) is 0.600. The Morgan fingerprint density at radius 3 is 2.50 bits per heavy atom. The Kier molecular flexibility index (Phi) is 3.16. The van der Waals surface area contributed by atoms with Gasteiger partial charge in [-0.2, -0.15) is 0 Å². The van der Waals surface area contributed by atoms with Crippen LogP contribution in [0.1, 0.15) is 32.1 Å². The van der Waals surface area contributed by atoms with Crippen molar-refractivity contribution < 1.29 is 0 Å². The summed E-state index contributed by atoms with van der Waals surface area (Å²) in [7, 11) is 0. The van der Waals surface area contributed by atoms with Crippen LogP contribution in [-0.2, 0) is 0 Å². The van der Waals surface area contributed by atoms with Gasteiger partial charge in [0.1, 0.15) is 0 Å². The molecule has 10 heavy (non-hydrogen) atoms. The molecule has 1 aliphatic rings. The minimum absolute atomic E-state index is 0.442. The van der Waals surface area contributed by atoms with Gasteiger partial charge in [-0.1, -0.05) is 12.8 Å². The molecule has 0 radical (unpaired) electrons. The van der Waals surface area contributed by atoms with E-state index in [1.807, 2.05) is 0 Å². The van der Waals surface area contributed by atoms with Crippen molar-refractivity contribution in [3.05, 3.63) is 0 Å². The summed E-state index contributed by atoms with van der Waals surface area (Å²) in [6.07, 6.45) is 6.32. The Balaban J connectivity index is 2.25. The summed E-state index contributed by atoms with van der Waals surface area (Å²) in [4.78, 5) is 0. The average Bonchev–Trinajstić information content (AvgIpc) is 1.94. The first kappa shape index (κ1) is 8.02. The number of nitrogens with two attached hydrogens (primary N) is 2. The molecule has 0 aliphatic heterocycles. The van der Waals surface area contributed by atoms with Crippen molar-refractivity contribution in [1.29, 1.82) is 0 Å². The molecule has 0 aromatic carbocycles. The van der Waals surface area contributed by atoms with Gasteiger partial charge in [0.2, 0.25) is 0 Å². The summed E-state index contributed by atoms with van der Waals surface area (Å²) < 4.78 is 0. The fourth-order valence-corrected chi connectivity index (χ4v) is 1.81. The largest absolute Gasteiger partial charge is 0.330 e. The third-order valence-electron chi connectivity index (χ3n) is 2.51. The molecule has 1 fully saturated rings. The van der Waals surface area contributed by atoms with E-state index in [0.29, 0.717) is 6.04 Å². The van der Waals surface area contributed by atoms with Gasteiger partial charge in [0.05, 0.1) is 0 Å². The van der Waals surface area contributed by atoms with Crippen molar-refractivity contribution >= 4 is 0 Å². The number of hydrogen-bond donors (Lipinski definition) is 2. The van der Waals surface area contributed by atoms with Gasteiger partial charge in [-0.25, -0.2) is 0 Å². The van der Waals surface area contributed by atoms with Gasteiger partial charge in [0.25, 0.3) is 0 Å². The molecule has 4 N–H and O–H groups in total. The Labute approximate surface area is 63.0 Å². The molecule has 0 spiro atoms. The van der Waals surface area contributed by atoms with Gasteiger partial charge in [0.15, 0.2) is 0 Å². The maximum Gasteiger partial charge on any atom is 0.00676 e. The predicted molar refractivity (Wildman–Crippen MR) is 43.6 cm³/mol. The first-order valence-corrected chi connectivity index (χ1v) is 4.30. The summed E-state index contributed by atoms with van der Waals surface area (Å²) >= 11 is 0. The highest BCUT2D eigenvalue weighted by molar-refractivity contribution is 4.77. The highest BCUT2D eigenvalue weighted by Crippen LogP contribution is 2.24. The Bertz CT molecular complexity index is 91.3. The first-order valence-electron chi connectivity index (χ1n) is 4.30. The summed E-state index contributed by atoms with van der Waals surface area (Å²) in [6.45, 7) is 0.804. The fraction of sp³-hybridized carbons (Fsp3) is 1.00. The molecule has 0 heterocycles. The lowest BCUT2D eigenvalue weighted by Gasteiger charge is -2.27. The minimum atomic E-state index is 0.442. The van der Waals surface area contributed by atoms with E-state index < -0.39 is 0 Å². The molecule has 0 saturated heterocycles. The van der Waals surface area contributed by atoms with Crippen molar-refractivity contribution in [2.45, 2.75) is 38.1 Å². The molecule has 2 nitrogen and oxygen atoms in total. The van der Waals surface area contributed by atoms with Crippen molar-refractivity contribution in [2.75, 3.05) is 6.54 Å². The average molecular weight is 142 g/mol. The third kappa shape index (κ3) is 1.96. The normalized spacial score (nSPS) is 34.2. The summed E-state index contributed by atoms with van der Waals surface area (Å²) in [6, 6.07) is 0.442. The molecule has 1 aliphatic carbocycles. The van der Waals surface area contributed by atoms with Crippen LogP contribution in [0.4, 0.5) is 0 Å². The standard InChI is InChI=1S/C8H18N2/c9-6-5-7-3-1-2-4-8(7)10/h7-8H,1-6,9-10H2/t7-,8-/m0/s1. The monoisotopic (exact) mass is 142 g/mol. The zero-order valence-electron chi connectivity index (χ0n) is 6.55. The SMILES string of the molecule is NCC[C@@H]1CCCC[C@@H]1N. The highest BCUT2D eigenvalue weighted by atomic mass is 14.7. The van der Waals surface area contributed by atoms with E-state index in [4.69, 9.17) is 11.5 Å². The highest BCUT2D eigenvalue weighted by Gasteiger charge is 2.20. The van der Waals surface area contributed by atoms with E-state index in [9.17, 15) is 0 Å². The molecule has 1 rings (SSSR count). The van der Waals surface area contributed by atoms with Crippen LogP contribution in [0.15, 0.2) is 0 Å². The topological polar surface area (TPSA) is 52.0 Å². The van der Waals surface area contributed by atoms with Gasteiger partial charge in [-0.3, -0.25) is 0 Å². The molecule has 60 valence electrons. The van der Waals surface area contributed by atoms with E-state index in [2.05, 4.69) is 0 Å². The van der Waals surface area contributed by atoms with Gasteiger partial charge in [-0.05, 0) is 31.7 Å². The lowest BCUT2D eigenvalue weighted by atomic mass is 9.83. The maximum atomic E-state index is 5.91. The van der Waals surface area contributed by atoms with E-state index in [-0.39, 0.29) is 0 Å². The number of hydrogen-bond acceptors (Lipinski definition) is 2. The molecular formula is C8H18N2. The van der Waals surface area contributed by atoms with Crippen LogP contribution < -0.4 is 11.5 Å². The van der Waals surface area contributed by atoms with Gasteiger partial charge in [0, 0.05) is 6.04 Å². The number of rotatable bonds is 2. The molecule has 2 atom stereocenters. The van der Waals surface area contributed by atoms with Crippen molar-refractivity contribution in [1.82, 2.24) is 0 Å². The summed E-state index contributed by atoms with van der Waals surface area (Å²) in [5, 5.41) is 0. The zero-order chi connectivity index (χ0) is 7.40. The van der Waals surface area contributed by atoms with E-state index in [1.54, 1.807) is 0 Å². The molecular weight excluding hydrogens is 124 g/mol. The maximum absolute atomic E-state index is 5.91. The van der Waals surface area contributed by atoms with Crippen molar-refractivity contribution in [3.63, 3.8) is 0 Å². The van der Waals surface area contributed by atoms with Crippen molar-refractivity contribution in [3.8, 4) is 0 Å². The minimum Gasteiger partial charge on any atom is -0.330 e. The van der Waals surface area contributed by atoms with Crippen LogP contribution in [0.3, 0.4) is 0 Å². The van der Waals surface area contributed by atoms with Crippen LogP contribution in [0, 0.1) is 5.92 Å². The second-order valence-electron chi connectivity index (χ2n) is 3.29. The van der Waals surface area contributed by atoms with Crippen LogP contribution >= 0.6 is 0 Å². The second kappa shape index (κ2) is 3.94. The lowest BCUT2D eigenvalue weighted by molar-refractivity contribution is 0.295. The fourth-order valence-electron chi connectivity index (χ4n) is 1.81. The molecule has 0 bridgehead atoms. The molecule has 0 aromatic rings. The summed E-state index contributed by atoms with van der Waals surface area (Å²) in [5.41, 5.74) is 11.4.